The molecule has 2 saturated heterocycles. The van der Waals surface area contributed by atoms with Gasteiger partial charge in [0.25, 0.3) is 0 Å². The van der Waals surface area contributed by atoms with Gasteiger partial charge in [-0.3, -0.25) is 14.8 Å². The van der Waals surface area contributed by atoms with Gasteiger partial charge in [0.15, 0.2) is 0 Å². The molecular formula is C19H27N5O. The molecule has 1 atom stereocenters. The minimum atomic E-state index is 0.233. The molecule has 0 bridgehead atoms. The van der Waals surface area contributed by atoms with Gasteiger partial charge in [0.05, 0.1) is 25.5 Å². The summed E-state index contributed by atoms with van der Waals surface area (Å²) < 4.78 is 8.11. The van der Waals surface area contributed by atoms with Gasteiger partial charge in [-0.15, -0.1) is 0 Å². The summed E-state index contributed by atoms with van der Waals surface area (Å²) in [6.07, 6.45) is 6.97. The van der Waals surface area contributed by atoms with Crippen LogP contribution in [0.2, 0.25) is 0 Å². The van der Waals surface area contributed by atoms with Crippen LogP contribution in [0.5, 0.6) is 0 Å². The number of rotatable bonds is 4. The van der Waals surface area contributed by atoms with Gasteiger partial charge in [-0.1, -0.05) is 6.07 Å². The first-order chi connectivity index (χ1) is 12.2. The first-order valence-electron chi connectivity index (χ1n) is 9.11. The Morgan fingerprint density at radius 1 is 1.08 bits per heavy atom. The summed E-state index contributed by atoms with van der Waals surface area (Å²) in [5.41, 5.74) is 1.37. The van der Waals surface area contributed by atoms with Crippen LogP contribution in [0, 0.1) is 5.41 Å². The predicted molar refractivity (Wildman–Crippen MR) is 95.9 cm³/mol. The third kappa shape index (κ3) is 3.92. The molecule has 0 aromatic carbocycles. The van der Waals surface area contributed by atoms with Crippen LogP contribution in [0.25, 0.3) is 0 Å². The highest BCUT2D eigenvalue weighted by Crippen LogP contribution is 2.34. The lowest BCUT2D eigenvalue weighted by Gasteiger charge is -2.31. The van der Waals surface area contributed by atoms with E-state index in [2.05, 4.69) is 43.5 Å². The number of imidazole rings is 1. The molecule has 2 aromatic heterocycles. The van der Waals surface area contributed by atoms with Crippen molar-refractivity contribution in [3.8, 4) is 0 Å². The summed E-state index contributed by atoms with van der Waals surface area (Å²) in [6.45, 7) is 7.78. The van der Waals surface area contributed by atoms with Crippen LogP contribution in [0.4, 0.5) is 0 Å². The van der Waals surface area contributed by atoms with Gasteiger partial charge in [0, 0.05) is 57.2 Å². The van der Waals surface area contributed by atoms with E-state index in [9.17, 15) is 0 Å². The zero-order valence-electron chi connectivity index (χ0n) is 15.0. The van der Waals surface area contributed by atoms with Gasteiger partial charge in [-0.25, -0.2) is 4.98 Å². The minimum absolute atomic E-state index is 0.233. The maximum atomic E-state index is 6.00. The Kier molecular flexibility index (Phi) is 4.83. The number of pyridine rings is 1. The summed E-state index contributed by atoms with van der Waals surface area (Å²) in [6, 6.07) is 6.15. The number of nitrogens with zero attached hydrogens (tertiary/aromatic N) is 5. The fraction of sp³-hybridized carbons (Fsp3) is 0.579. The van der Waals surface area contributed by atoms with Crippen LogP contribution in [0.3, 0.4) is 0 Å². The topological polar surface area (TPSA) is 46.4 Å². The molecule has 2 aliphatic rings. The van der Waals surface area contributed by atoms with Crippen LogP contribution in [-0.4, -0.2) is 63.7 Å². The van der Waals surface area contributed by atoms with Crippen LogP contribution in [-0.2, 0) is 24.9 Å². The Morgan fingerprint density at radius 2 is 1.96 bits per heavy atom. The van der Waals surface area contributed by atoms with Crippen molar-refractivity contribution in [1.29, 1.82) is 0 Å². The summed E-state index contributed by atoms with van der Waals surface area (Å²) in [5, 5.41) is 0. The molecule has 6 heteroatoms. The molecule has 1 spiro atoms. The number of aryl methyl sites for hydroxylation is 1. The molecule has 25 heavy (non-hydrogen) atoms. The van der Waals surface area contributed by atoms with E-state index in [1.807, 2.05) is 24.7 Å². The van der Waals surface area contributed by atoms with E-state index in [0.717, 1.165) is 64.0 Å². The van der Waals surface area contributed by atoms with E-state index >= 15 is 0 Å². The molecule has 2 fully saturated rings. The van der Waals surface area contributed by atoms with E-state index in [1.165, 1.54) is 6.42 Å². The van der Waals surface area contributed by atoms with Crippen molar-refractivity contribution in [3.63, 3.8) is 0 Å². The highest BCUT2D eigenvalue weighted by Gasteiger charge is 2.41. The molecule has 0 amide bonds. The average Bonchev–Trinajstić information content (AvgIpc) is 3.13. The van der Waals surface area contributed by atoms with Crippen LogP contribution in [0.15, 0.2) is 36.8 Å². The largest absolute Gasteiger partial charge is 0.379 e. The quantitative estimate of drug-likeness (QED) is 0.844. The SMILES string of the molecule is Cn1ccnc1CN1CCC2(COCCN(Cc3ccccn3)C2)C1. The Bertz CT molecular complexity index is 688. The number of aromatic nitrogens is 3. The van der Waals surface area contributed by atoms with Gasteiger partial charge in [-0.2, -0.15) is 0 Å². The molecule has 4 rings (SSSR count). The zero-order valence-corrected chi connectivity index (χ0v) is 15.0. The molecule has 0 aliphatic carbocycles. The van der Waals surface area contributed by atoms with E-state index in [1.54, 1.807) is 0 Å². The minimum Gasteiger partial charge on any atom is -0.379 e. The highest BCUT2D eigenvalue weighted by molar-refractivity contribution is 5.04. The normalized spacial score (nSPS) is 25.5. The fourth-order valence-corrected chi connectivity index (χ4v) is 4.10. The maximum Gasteiger partial charge on any atom is 0.122 e. The van der Waals surface area contributed by atoms with Crippen molar-refractivity contribution >= 4 is 0 Å². The standard InChI is InChI=1S/C19H27N5O/c1-22-9-7-21-18(22)13-23-8-5-19(14-23)15-24(10-11-25-16-19)12-17-4-2-3-6-20-17/h2-4,6-7,9H,5,8,10-16H2,1H3. The molecule has 0 radical (unpaired) electrons. The lowest BCUT2D eigenvalue weighted by Crippen LogP contribution is -2.40. The van der Waals surface area contributed by atoms with Crippen molar-refractivity contribution in [2.24, 2.45) is 12.5 Å². The Balaban J connectivity index is 1.41. The average molecular weight is 341 g/mol. The van der Waals surface area contributed by atoms with Crippen molar-refractivity contribution in [2.45, 2.75) is 19.5 Å². The number of ether oxygens (including phenoxy) is 1. The molecule has 6 nitrogen and oxygen atoms in total. The Morgan fingerprint density at radius 3 is 2.72 bits per heavy atom. The summed E-state index contributed by atoms with van der Waals surface area (Å²) in [5.74, 6) is 1.14. The zero-order chi connectivity index (χ0) is 17.1. The molecule has 1 unspecified atom stereocenters. The van der Waals surface area contributed by atoms with E-state index in [0.29, 0.717) is 0 Å². The van der Waals surface area contributed by atoms with Crippen molar-refractivity contribution < 1.29 is 4.74 Å². The van der Waals surface area contributed by atoms with Crippen LogP contribution in [0.1, 0.15) is 17.9 Å². The third-order valence-corrected chi connectivity index (χ3v) is 5.43. The van der Waals surface area contributed by atoms with E-state index in [-0.39, 0.29) is 5.41 Å². The van der Waals surface area contributed by atoms with Crippen molar-refractivity contribution in [1.82, 2.24) is 24.3 Å². The molecule has 0 saturated carbocycles. The monoisotopic (exact) mass is 341 g/mol. The van der Waals surface area contributed by atoms with Gasteiger partial charge in [0.2, 0.25) is 0 Å². The second kappa shape index (κ2) is 7.23. The second-order valence-corrected chi connectivity index (χ2v) is 7.50. The van der Waals surface area contributed by atoms with Gasteiger partial charge < -0.3 is 9.30 Å². The van der Waals surface area contributed by atoms with Crippen molar-refractivity contribution in [2.75, 3.05) is 39.4 Å². The summed E-state index contributed by atoms with van der Waals surface area (Å²) in [7, 11) is 2.07. The van der Waals surface area contributed by atoms with Gasteiger partial charge >= 0.3 is 0 Å². The van der Waals surface area contributed by atoms with Gasteiger partial charge in [0.1, 0.15) is 5.82 Å². The van der Waals surface area contributed by atoms with Crippen LogP contribution < -0.4 is 0 Å². The van der Waals surface area contributed by atoms with Gasteiger partial charge in [-0.05, 0) is 25.1 Å². The number of hydrogen-bond acceptors (Lipinski definition) is 5. The smallest absolute Gasteiger partial charge is 0.122 e. The Labute approximate surface area is 149 Å². The molecule has 2 aliphatic heterocycles. The van der Waals surface area contributed by atoms with Crippen molar-refractivity contribution in [3.05, 3.63) is 48.3 Å². The fourth-order valence-electron chi connectivity index (χ4n) is 4.10. The van der Waals surface area contributed by atoms with E-state index < -0.39 is 0 Å². The highest BCUT2D eigenvalue weighted by atomic mass is 16.5. The Hall–Kier alpha value is -1.76. The first-order valence-corrected chi connectivity index (χ1v) is 9.11. The lowest BCUT2D eigenvalue weighted by molar-refractivity contribution is 0.0703. The number of likely N-dealkylation sites (tertiary alicyclic amines) is 1. The summed E-state index contributed by atoms with van der Waals surface area (Å²) >= 11 is 0. The molecular weight excluding hydrogens is 314 g/mol. The van der Waals surface area contributed by atoms with E-state index in [4.69, 9.17) is 4.74 Å². The number of hydrogen-bond donors (Lipinski definition) is 0. The maximum absolute atomic E-state index is 6.00. The van der Waals surface area contributed by atoms with Crippen LogP contribution >= 0.6 is 0 Å². The molecule has 4 heterocycles. The second-order valence-electron chi connectivity index (χ2n) is 7.50. The first kappa shape index (κ1) is 16.7. The predicted octanol–water partition coefficient (Wildman–Crippen LogP) is 1.54. The third-order valence-electron chi connectivity index (χ3n) is 5.43. The lowest BCUT2D eigenvalue weighted by atomic mass is 9.87. The molecule has 0 N–H and O–H groups in total. The molecule has 2 aromatic rings. The summed E-state index contributed by atoms with van der Waals surface area (Å²) in [4.78, 5) is 14.0. The molecule has 134 valence electrons.